The first kappa shape index (κ1) is 17.0. The van der Waals surface area contributed by atoms with Crippen LogP contribution in [0.1, 0.15) is 38.2 Å². The van der Waals surface area contributed by atoms with E-state index in [2.05, 4.69) is 21.8 Å². The molecule has 6 nitrogen and oxygen atoms in total. The van der Waals surface area contributed by atoms with Crippen LogP contribution >= 0.6 is 0 Å². The minimum Gasteiger partial charge on any atom is -0.363 e. The van der Waals surface area contributed by atoms with E-state index in [0.29, 0.717) is 13.2 Å². The largest absolute Gasteiger partial charge is 0.363 e. The Bertz CT molecular complexity index is 500. The number of amides is 1. The summed E-state index contributed by atoms with van der Waals surface area (Å²) in [6.45, 7) is 6.85. The lowest BCUT2D eigenvalue weighted by molar-refractivity contribution is -0.165. The van der Waals surface area contributed by atoms with Crippen molar-refractivity contribution in [2.45, 2.75) is 45.3 Å². The van der Waals surface area contributed by atoms with Crippen LogP contribution in [0.15, 0.2) is 6.20 Å². The van der Waals surface area contributed by atoms with Crippen molar-refractivity contribution in [2.75, 3.05) is 33.8 Å². The molecule has 1 aliphatic rings. The van der Waals surface area contributed by atoms with Gasteiger partial charge in [-0.15, -0.1) is 0 Å². The number of carbonyl (C=O) groups excluding carboxylic acids is 1. The van der Waals surface area contributed by atoms with E-state index in [4.69, 9.17) is 4.74 Å². The molecule has 2 rings (SSSR count). The molecule has 124 valence electrons. The summed E-state index contributed by atoms with van der Waals surface area (Å²) >= 11 is 0. The van der Waals surface area contributed by atoms with E-state index in [9.17, 15) is 4.79 Å². The number of likely N-dealkylation sites (N-methyl/N-ethyl adjacent to an activating group) is 1. The highest BCUT2D eigenvalue weighted by atomic mass is 16.5. The molecule has 0 aromatic carbocycles. The van der Waals surface area contributed by atoms with E-state index in [-0.39, 0.29) is 5.91 Å². The monoisotopic (exact) mass is 308 g/mol. The Morgan fingerprint density at radius 1 is 1.55 bits per heavy atom. The van der Waals surface area contributed by atoms with Crippen LogP contribution in [0, 0.1) is 0 Å². The fraction of sp³-hybridized carbons (Fsp3) is 0.750. The number of morpholine rings is 1. The Morgan fingerprint density at radius 2 is 2.32 bits per heavy atom. The lowest BCUT2D eigenvalue weighted by Crippen LogP contribution is -2.57. The first-order chi connectivity index (χ1) is 10.4. The van der Waals surface area contributed by atoms with Gasteiger partial charge in [0.15, 0.2) is 5.60 Å². The van der Waals surface area contributed by atoms with Gasteiger partial charge in [0.2, 0.25) is 0 Å². The molecule has 1 aromatic rings. The number of ether oxygens (including phenoxy) is 1. The molecule has 1 N–H and O–H groups in total. The molecule has 0 unspecified atom stereocenters. The number of imidazole rings is 1. The Balaban J connectivity index is 1.95. The van der Waals surface area contributed by atoms with E-state index < -0.39 is 5.60 Å². The average Bonchev–Trinajstić information content (AvgIpc) is 2.91. The maximum absolute atomic E-state index is 12.3. The standard InChI is InChI=1S/C16H28N4O2/c1-5-6-7-14-17-10-13(18-14)11-20-8-9-22-16(2,12-20)15(21)19(3)4/h10H,5-9,11-12H2,1-4H3,(H,17,18)/t16-/m1/s1. The van der Waals surface area contributed by atoms with E-state index in [1.807, 2.05) is 13.1 Å². The van der Waals surface area contributed by atoms with Crippen LogP contribution < -0.4 is 0 Å². The molecule has 0 radical (unpaired) electrons. The van der Waals surface area contributed by atoms with Gasteiger partial charge in [-0.3, -0.25) is 9.69 Å². The van der Waals surface area contributed by atoms with E-state index in [0.717, 1.165) is 37.4 Å². The number of hydrogen-bond acceptors (Lipinski definition) is 4. The smallest absolute Gasteiger partial charge is 0.255 e. The zero-order valence-corrected chi connectivity index (χ0v) is 14.2. The molecule has 6 heteroatoms. The highest BCUT2D eigenvalue weighted by molar-refractivity contribution is 5.84. The molecule has 1 atom stereocenters. The summed E-state index contributed by atoms with van der Waals surface area (Å²) in [5.74, 6) is 1.07. The molecule has 0 spiro atoms. The molecular formula is C16H28N4O2. The second-order valence-electron chi connectivity index (χ2n) is 6.45. The van der Waals surface area contributed by atoms with Crippen molar-refractivity contribution >= 4 is 5.91 Å². The van der Waals surface area contributed by atoms with Crippen molar-refractivity contribution in [3.63, 3.8) is 0 Å². The number of H-pyrrole nitrogens is 1. The van der Waals surface area contributed by atoms with E-state index in [1.54, 1.807) is 19.0 Å². The Morgan fingerprint density at radius 3 is 3.00 bits per heavy atom. The number of hydrogen-bond donors (Lipinski definition) is 1. The number of rotatable bonds is 6. The van der Waals surface area contributed by atoms with Crippen molar-refractivity contribution in [3.05, 3.63) is 17.7 Å². The predicted molar refractivity (Wildman–Crippen MR) is 85.5 cm³/mol. The second-order valence-corrected chi connectivity index (χ2v) is 6.45. The molecule has 1 aromatic heterocycles. The summed E-state index contributed by atoms with van der Waals surface area (Å²) in [7, 11) is 3.54. The fourth-order valence-electron chi connectivity index (χ4n) is 2.89. The van der Waals surface area contributed by atoms with Gasteiger partial charge in [0, 0.05) is 52.0 Å². The maximum atomic E-state index is 12.3. The van der Waals surface area contributed by atoms with Gasteiger partial charge >= 0.3 is 0 Å². The van der Waals surface area contributed by atoms with Gasteiger partial charge in [-0.1, -0.05) is 13.3 Å². The van der Waals surface area contributed by atoms with Crippen molar-refractivity contribution in [2.24, 2.45) is 0 Å². The first-order valence-corrected chi connectivity index (χ1v) is 8.05. The number of aryl methyl sites for hydroxylation is 1. The fourth-order valence-corrected chi connectivity index (χ4v) is 2.89. The summed E-state index contributed by atoms with van der Waals surface area (Å²) in [5, 5.41) is 0. The number of aromatic nitrogens is 2. The van der Waals surface area contributed by atoms with Gasteiger partial charge in [0.1, 0.15) is 5.82 Å². The van der Waals surface area contributed by atoms with Gasteiger partial charge in [0.25, 0.3) is 5.91 Å². The molecule has 22 heavy (non-hydrogen) atoms. The lowest BCUT2D eigenvalue weighted by Gasteiger charge is -2.40. The third-order valence-corrected chi connectivity index (χ3v) is 4.05. The number of nitrogens with one attached hydrogen (secondary N) is 1. The third kappa shape index (κ3) is 4.08. The highest BCUT2D eigenvalue weighted by Crippen LogP contribution is 2.21. The number of carbonyl (C=O) groups is 1. The summed E-state index contributed by atoms with van der Waals surface area (Å²) in [6, 6.07) is 0. The van der Waals surface area contributed by atoms with Crippen molar-refractivity contribution in [1.82, 2.24) is 19.8 Å². The minimum atomic E-state index is -0.757. The molecule has 1 fully saturated rings. The van der Waals surface area contributed by atoms with Gasteiger partial charge in [-0.25, -0.2) is 4.98 Å². The molecule has 1 aliphatic heterocycles. The van der Waals surface area contributed by atoms with Gasteiger partial charge in [-0.05, 0) is 13.3 Å². The molecule has 2 heterocycles. The number of aromatic amines is 1. The van der Waals surface area contributed by atoms with Crippen LogP contribution in [0.3, 0.4) is 0 Å². The molecular weight excluding hydrogens is 280 g/mol. The highest BCUT2D eigenvalue weighted by Gasteiger charge is 2.40. The van der Waals surface area contributed by atoms with Gasteiger partial charge in [-0.2, -0.15) is 0 Å². The summed E-state index contributed by atoms with van der Waals surface area (Å²) in [5.41, 5.74) is 0.347. The van der Waals surface area contributed by atoms with Crippen LogP contribution in [-0.2, 0) is 22.5 Å². The molecule has 1 saturated heterocycles. The second kappa shape index (κ2) is 7.24. The molecule has 0 saturated carbocycles. The lowest BCUT2D eigenvalue weighted by atomic mass is 10.0. The summed E-state index contributed by atoms with van der Waals surface area (Å²) in [4.78, 5) is 24.0. The maximum Gasteiger partial charge on any atom is 0.255 e. The minimum absolute atomic E-state index is 0.0189. The SMILES string of the molecule is CCCCc1ncc(CN2CCO[C@@](C)(C(=O)N(C)C)C2)[nH]1. The average molecular weight is 308 g/mol. The van der Waals surface area contributed by atoms with Crippen LogP contribution in [0.4, 0.5) is 0 Å². The third-order valence-electron chi connectivity index (χ3n) is 4.05. The van der Waals surface area contributed by atoms with E-state index >= 15 is 0 Å². The van der Waals surface area contributed by atoms with Gasteiger partial charge in [0.05, 0.1) is 6.61 Å². The van der Waals surface area contributed by atoms with Crippen LogP contribution in [0.5, 0.6) is 0 Å². The zero-order valence-electron chi connectivity index (χ0n) is 14.2. The number of unbranched alkanes of at least 4 members (excludes halogenated alkanes) is 1. The molecule has 0 aliphatic carbocycles. The quantitative estimate of drug-likeness (QED) is 0.863. The van der Waals surface area contributed by atoms with Crippen LogP contribution in [0.25, 0.3) is 0 Å². The van der Waals surface area contributed by atoms with E-state index in [1.165, 1.54) is 6.42 Å². The van der Waals surface area contributed by atoms with Crippen molar-refractivity contribution < 1.29 is 9.53 Å². The van der Waals surface area contributed by atoms with Gasteiger partial charge < -0.3 is 14.6 Å². The van der Waals surface area contributed by atoms with Crippen LogP contribution in [-0.4, -0.2) is 65.1 Å². The topological polar surface area (TPSA) is 61.5 Å². The molecule has 0 bridgehead atoms. The Labute approximate surface area is 132 Å². The number of nitrogens with zero attached hydrogens (tertiary/aromatic N) is 3. The Kier molecular flexibility index (Phi) is 5.58. The first-order valence-electron chi connectivity index (χ1n) is 8.05. The summed E-state index contributed by atoms with van der Waals surface area (Å²) < 4.78 is 5.76. The Hall–Kier alpha value is -1.40. The molecule has 1 amide bonds. The predicted octanol–water partition coefficient (Wildman–Crippen LogP) is 1.43. The van der Waals surface area contributed by atoms with Crippen molar-refractivity contribution in [1.29, 1.82) is 0 Å². The zero-order chi connectivity index (χ0) is 16.2. The summed E-state index contributed by atoms with van der Waals surface area (Å²) in [6.07, 6.45) is 5.23. The van der Waals surface area contributed by atoms with Crippen LogP contribution in [0.2, 0.25) is 0 Å². The normalized spacial score (nSPS) is 22.7. The van der Waals surface area contributed by atoms with Crippen molar-refractivity contribution in [3.8, 4) is 0 Å².